The van der Waals surface area contributed by atoms with Crippen LogP contribution in [0.2, 0.25) is 0 Å². The van der Waals surface area contributed by atoms with E-state index in [0.717, 1.165) is 18.8 Å². The second-order valence-electron chi connectivity index (χ2n) is 5.06. The number of nitrogens with two attached hydrogens (primary N) is 1. The van der Waals surface area contributed by atoms with E-state index in [9.17, 15) is 0 Å². The molecule has 1 aliphatic rings. The van der Waals surface area contributed by atoms with Gasteiger partial charge in [0.25, 0.3) is 0 Å². The second kappa shape index (κ2) is 2.91. The number of hydrogen-bond acceptors (Lipinski definition) is 2. The number of aryl methyl sites for hydroxylation is 1. The van der Waals surface area contributed by atoms with Crippen molar-refractivity contribution in [3.05, 3.63) is 23.8 Å². The summed E-state index contributed by atoms with van der Waals surface area (Å²) in [6, 6.07) is 6.28. The predicted molar refractivity (Wildman–Crippen MR) is 61.6 cm³/mol. The Hall–Kier alpha value is -1.18. The molecule has 0 aromatic heterocycles. The first-order valence-electron chi connectivity index (χ1n) is 5.09. The highest BCUT2D eigenvalue weighted by atomic mass is 15.2. The molecule has 0 unspecified atom stereocenters. The Balaban J connectivity index is 2.16. The minimum atomic E-state index is 0.481. The van der Waals surface area contributed by atoms with Crippen LogP contribution in [0, 0.1) is 12.3 Å². The molecule has 2 N–H and O–H groups in total. The summed E-state index contributed by atoms with van der Waals surface area (Å²) in [4.78, 5) is 2.40. The molecule has 1 heterocycles. The van der Waals surface area contributed by atoms with Gasteiger partial charge in [0.1, 0.15) is 0 Å². The van der Waals surface area contributed by atoms with E-state index in [1.807, 2.05) is 6.07 Å². The molecule has 2 rings (SSSR count). The van der Waals surface area contributed by atoms with Gasteiger partial charge in [-0.1, -0.05) is 13.8 Å². The minimum Gasteiger partial charge on any atom is -0.399 e. The Morgan fingerprint density at radius 3 is 2.43 bits per heavy atom. The molecule has 0 bridgehead atoms. The fourth-order valence-electron chi connectivity index (χ4n) is 2.03. The van der Waals surface area contributed by atoms with Crippen LogP contribution in [0.3, 0.4) is 0 Å². The van der Waals surface area contributed by atoms with Gasteiger partial charge in [0.2, 0.25) is 0 Å². The van der Waals surface area contributed by atoms with Gasteiger partial charge in [-0.15, -0.1) is 0 Å². The number of anilines is 2. The highest BCUT2D eigenvalue weighted by Gasteiger charge is 2.34. The highest BCUT2D eigenvalue weighted by Crippen LogP contribution is 2.34. The van der Waals surface area contributed by atoms with Crippen LogP contribution in [-0.4, -0.2) is 13.1 Å². The van der Waals surface area contributed by atoms with Crippen LogP contribution in [0.1, 0.15) is 19.4 Å². The first kappa shape index (κ1) is 9.38. The van der Waals surface area contributed by atoms with Gasteiger partial charge >= 0.3 is 0 Å². The van der Waals surface area contributed by atoms with Gasteiger partial charge in [0.15, 0.2) is 0 Å². The SMILES string of the molecule is Cc1cc(N2CC(C)(C)C2)ccc1N. The average Bonchev–Trinajstić information content (AvgIpc) is 2.06. The van der Waals surface area contributed by atoms with E-state index in [4.69, 9.17) is 5.73 Å². The predicted octanol–water partition coefficient (Wildman–Crippen LogP) is 2.42. The van der Waals surface area contributed by atoms with Crippen molar-refractivity contribution < 1.29 is 0 Å². The van der Waals surface area contributed by atoms with E-state index < -0.39 is 0 Å². The van der Waals surface area contributed by atoms with Crippen molar-refractivity contribution >= 4 is 11.4 Å². The zero-order chi connectivity index (χ0) is 10.3. The third-order valence-electron chi connectivity index (χ3n) is 2.86. The lowest BCUT2D eigenvalue weighted by atomic mass is 9.84. The molecule has 0 spiro atoms. The standard InChI is InChI=1S/C12H18N2/c1-9-6-10(4-5-11(9)13)14-7-12(2,3)8-14/h4-6H,7-8,13H2,1-3H3. The number of nitrogen functional groups attached to an aromatic ring is 1. The normalized spacial score (nSPS) is 19.2. The quantitative estimate of drug-likeness (QED) is 0.689. The van der Waals surface area contributed by atoms with E-state index in [-0.39, 0.29) is 0 Å². The third kappa shape index (κ3) is 1.57. The molecular weight excluding hydrogens is 172 g/mol. The summed E-state index contributed by atoms with van der Waals surface area (Å²) >= 11 is 0. The van der Waals surface area contributed by atoms with E-state index in [2.05, 4.69) is 37.8 Å². The molecule has 0 atom stereocenters. The molecular formula is C12H18N2. The molecule has 14 heavy (non-hydrogen) atoms. The number of rotatable bonds is 1. The molecule has 1 fully saturated rings. The first-order valence-corrected chi connectivity index (χ1v) is 5.09. The lowest BCUT2D eigenvalue weighted by Gasteiger charge is -2.47. The fourth-order valence-corrected chi connectivity index (χ4v) is 2.03. The molecule has 0 aliphatic carbocycles. The lowest BCUT2D eigenvalue weighted by Crippen LogP contribution is -2.53. The maximum atomic E-state index is 5.78. The minimum absolute atomic E-state index is 0.481. The van der Waals surface area contributed by atoms with Crippen molar-refractivity contribution in [1.29, 1.82) is 0 Å². The molecule has 1 aromatic carbocycles. The van der Waals surface area contributed by atoms with Crippen molar-refractivity contribution in [2.45, 2.75) is 20.8 Å². The van der Waals surface area contributed by atoms with Crippen LogP contribution >= 0.6 is 0 Å². The maximum Gasteiger partial charge on any atom is 0.0370 e. The largest absolute Gasteiger partial charge is 0.399 e. The molecule has 1 aliphatic heterocycles. The molecule has 0 radical (unpaired) electrons. The summed E-state index contributed by atoms with van der Waals surface area (Å²) < 4.78 is 0. The number of benzene rings is 1. The third-order valence-corrected chi connectivity index (χ3v) is 2.86. The van der Waals surface area contributed by atoms with Crippen LogP contribution in [0.15, 0.2) is 18.2 Å². The van der Waals surface area contributed by atoms with Crippen LogP contribution < -0.4 is 10.6 Å². The zero-order valence-electron chi connectivity index (χ0n) is 9.17. The van der Waals surface area contributed by atoms with Crippen LogP contribution in [0.4, 0.5) is 11.4 Å². The summed E-state index contributed by atoms with van der Waals surface area (Å²) in [6.07, 6.45) is 0. The van der Waals surface area contributed by atoms with Gasteiger partial charge in [0.05, 0.1) is 0 Å². The second-order valence-corrected chi connectivity index (χ2v) is 5.06. The summed E-state index contributed by atoms with van der Waals surface area (Å²) in [5.74, 6) is 0. The van der Waals surface area contributed by atoms with Crippen LogP contribution in [0.25, 0.3) is 0 Å². The summed E-state index contributed by atoms with van der Waals surface area (Å²) in [6.45, 7) is 8.96. The van der Waals surface area contributed by atoms with E-state index in [1.54, 1.807) is 0 Å². The van der Waals surface area contributed by atoms with Crippen molar-refractivity contribution in [3.63, 3.8) is 0 Å². The molecule has 2 heteroatoms. The van der Waals surface area contributed by atoms with Crippen molar-refractivity contribution in [3.8, 4) is 0 Å². The lowest BCUT2D eigenvalue weighted by molar-refractivity contribution is 0.276. The molecule has 0 amide bonds. The van der Waals surface area contributed by atoms with Gasteiger partial charge in [0, 0.05) is 24.5 Å². The van der Waals surface area contributed by atoms with E-state index in [0.29, 0.717) is 5.41 Å². The van der Waals surface area contributed by atoms with E-state index in [1.165, 1.54) is 11.3 Å². The van der Waals surface area contributed by atoms with Gasteiger partial charge < -0.3 is 10.6 Å². The number of hydrogen-bond donors (Lipinski definition) is 1. The molecule has 1 aromatic rings. The first-order chi connectivity index (χ1) is 6.48. The van der Waals surface area contributed by atoms with Gasteiger partial charge in [-0.2, -0.15) is 0 Å². The van der Waals surface area contributed by atoms with Crippen LogP contribution in [0.5, 0.6) is 0 Å². The van der Waals surface area contributed by atoms with E-state index >= 15 is 0 Å². The van der Waals surface area contributed by atoms with Crippen molar-refractivity contribution in [2.75, 3.05) is 23.7 Å². The molecule has 76 valence electrons. The Bertz CT molecular complexity index is 347. The maximum absolute atomic E-state index is 5.78. The van der Waals surface area contributed by atoms with Crippen molar-refractivity contribution in [1.82, 2.24) is 0 Å². The van der Waals surface area contributed by atoms with Crippen LogP contribution in [-0.2, 0) is 0 Å². The van der Waals surface area contributed by atoms with Crippen molar-refractivity contribution in [2.24, 2.45) is 5.41 Å². The number of nitrogens with zero attached hydrogens (tertiary/aromatic N) is 1. The smallest absolute Gasteiger partial charge is 0.0370 e. The Morgan fingerprint density at radius 2 is 1.93 bits per heavy atom. The Kier molecular flexibility index (Phi) is 1.95. The van der Waals surface area contributed by atoms with Gasteiger partial charge in [-0.3, -0.25) is 0 Å². The molecule has 0 saturated carbocycles. The average molecular weight is 190 g/mol. The molecule has 2 nitrogen and oxygen atoms in total. The topological polar surface area (TPSA) is 29.3 Å². The Labute approximate surface area is 85.7 Å². The summed E-state index contributed by atoms with van der Waals surface area (Å²) in [7, 11) is 0. The highest BCUT2D eigenvalue weighted by molar-refractivity contribution is 5.59. The summed E-state index contributed by atoms with van der Waals surface area (Å²) in [5.41, 5.74) is 9.62. The Morgan fingerprint density at radius 1 is 1.29 bits per heavy atom. The monoisotopic (exact) mass is 190 g/mol. The molecule has 1 saturated heterocycles. The zero-order valence-corrected chi connectivity index (χ0v) is 9.17. The fraction of sp³-hybridized carbons (Fsp3) is 0.500. The van der Waals surface area contributed by atoms with Gasteiger partial charge in [-0.25, -0.2) is 0 Å². The van der Waals surface area contributed by atoms with Gasteiger partial charge in [-0.05, 0) is 36.1 Å². The summed E-state index contributed by atoms with van der Waals surface area (Å²) in [5, 5.41) is 0.